The van der Waals surface area contributed by atoms with E-state index in [0.717, 1.165) is 12.1 Å². The normalized spacial score (nSPS) is 26.9. The number of nitrogens with zero attached hydrogens (tertiary/aromatic N) is 2. The Morgan fingerprint density at radius 2 is 1.86 bits per heavy atom. The molecule has 0 bridgehead atoms. The molecule has 1 saturated carbocycles. The molecule has 2 atom stereocenters. The first kappa shape index (κ1) is 15.8. The molecule has 2 unspecified atom stereocenters. The molecule has 0 radical (unpaired) electrons. The average molecular weight is 288 g/mol. The number of aromatic nitrogens is 2. The third-order valence-corrected chi connectivity index (χ3v) is 5.62. The van der Waals surface area contributed by atoms with Crippen LogP contribution >= 0.6 is 0 Å². The van der Waals surface area contributed by atoms with Gasteiger partial charge in [-0.05, 0) is 24.3 Å². The minimum Gasteiger partial charge on any atom is -0.298 e. The molecular formula is C17H24N2O2. The topological polar surface area (TPSA) is 59.9 Å². The average Bonchev–Trinajstić information content (AvgIpc) is 2.55. The van der Waals surface area contributed by atoms with E-state index in [1.807, 2.05) is 27.7 Å². The van der Waals surface area contributed by atoms with Gasteiger partial charge in [0.2, 0.25) is 0 Å². The summed E-state index contributed by atoms with van der Waals surface area (Å²) in [5, 5.41) is 0. The highest BCUT2D eigenvalue weighted by Crippen LogP contribution is 2.57. The van der Waals surface area contributed by atoms with Gasteiger partial charge in [-0.15, -0.1) is 0 Å². The molecule has 1 aromatic heterocycles. The molecule has 0 amide bonds. The van der Waals surface area contributed by atoms with Gasteiger partial charge in [-0.3, -0.25) is 9.59 Å². The highest BCUT2D eigenvalue weighted by Gasteiger charge is 2.61. The van der Waals surface area contributed by atoms with E-state index >= 15 is 0 Å². The molecule has 21 heavy (non-hydrogen) atoms. The van der Waals surface area contributed by atoms with Crippen molar-refractivity contribution in [2.45, 2.75) is 48.0 Å². The maximum Gasteiger partial charge on any atom is 0.192 e. The Labute approximate surface area is 126 Å². The Hall–Kier alpha value is -1.58. The zero-order valence-corrected chi connectivity index (χ0v) is 13.7. The standard InChI is InChI=1S/C17H24N2O2/c1-7-11-13(15(21)17(5,6)16(11,3)4)14(20)12-8-10(2)18-9-19-12/h8-9,11,13H,7H2,1-6H3. The lowest BCUT2D eigenvalue weighted by Gasteiger charge is -2.37. The molecule has 1 heterocycles. The zero-order chi connectivity index (χ0) is 16.0. The van der Waals surface area contributed by atoms with Crippen LogP contribution in [-0.4, -0.2) is 21.5 Å². The molecule has 4 heteroatoms. The van der Waals surface area contributed by atoms with Crippen molar-refractivity contribution in [2.75, 3.05) is 0 Å². The van der Waals surface area contributed by atoms with Gasteiger partial charge in [0.25, 0.3) is 0 Å². The van der Waals surface area contributed by atoms with Gasteiger partial charge in [0.1, 0.15) is 17.8 Å². The minimum atomic E-state index is -0.589. The summed E-state index contributed by atoms with van der Waals surface area (Å²) in [6.45, 7) is 12.0. The van der Waals surface area contributed by atoms with Crippen molar-refractivity contribution in [2.24, 2.45) is 22.7 Å². The monoisotopic (exact) mass is 288 g/mol. The van der Waals surface area contributed by atoms with E-state index in [9.17, 15) is 9.59 Å². The fourth-order valence-electron chi connectivity index (χ4n) is 3.57. The summed E-state index contributed by atoms with van der Waals surface area (Å²) < 4.78 is 0. The van der Waals surface area contributed by atoms with Crippen molar-refractivity contribution in [3.05, 3.63) is 23.8 Å². The van der Waals surface area contributed by atoms with Gasteiger partial charge in [0.15, 0.2) is 5.78 Å². The molecule has 4 nitrogen and oxygen atoms in total. The first-order valence-electron chi connectivity index (χ1n) is 7.51. The quantitative estimate of drug-likeness (QED) is 0.633. The van der Waals surface area contributed by atoms with Crippen LogP contribution < -0.4 is 0 Å². The van der Waals surface area contributed by atoms with E-state index in [1.165, 1.54) is 6.33 Å². The number of hydrogen-bond donors (Lipinski definition) is 0. The molecular weight excluding hydrogens is 264 g/mol. The van der Waals surface area contributed by atoms with Crippen molar-refractivity contribution < 1.29 is 9.59 Å². The predicted molar refractivity (Wildman–Crippen MR) is 80.9 cm³/mol. The summed E-state index contributed by atoms with van der Waals surface area (Å²) >= 11 is 0. The number of carbonyl (C=O) groups is 2. The molecule has 1 aromatic rings. The summed E-state index contributed by atoms with van der Waals surface area (Å²) in [5.74, 6) is -0.659. The van der Waals surface area contributed by atoms with Crippen LogP contribution in [0, 0.1) is 29.6 Å². The summed E-state index contributed by atoms with van der Waals surface area (Å²) in [6, 6.07) is 1.67. The number of ketones is 2. The van der Waals surface area contributed by atoms with E-state index in [4.69, 9.17) is 0 Å². The largest absolute Gasteiger partial charge is 0.298 e. The molecule has 2 rings (SSSR count). The Bertz CT molecular complexity index is 590. The molecule has 0 spiro atoms. The van der Waals surface area contributed by atoms with E-state index in [0.29, 0.717) is 5.69 Å². The lowest BCUT2D eigenvalue weighted by Crippen LogP contribution is -2.34. The zero-order valence-electron chi connectivity index (χ0n) is 13.7. The van der Waals surface area contributed by atoms with Gasteiger partial charge in [-0.1, -0.05) is 41.0 Å². The summed E-state index contributed by atoms with van der Waals surface area (Å²) in [7, 11) is 0. The van der Waals surface area contributed by atoms with Crippen molar-refractivity contribution in [3.63, 3.8) is 0 Å². The third-order valence-electron chi connectivity index (χ3n) is 5.62. The summed E-state index contributed by atoms with van der Waals surface area (Å²) in [4.78, 5) is 33.8. The molecule has 1 aliphatic rings. The molecule has 0 aliphatic heterocycles. The number of aryl methyl sites for hydroxylation is 1. The van der Waals surface area contributed by atoms with E-state index in [2.05, 4.69) is 23.8 Å². The second-order valence-corrected chi connectivity index (χ2v) is 7.11. The second kappa shape index (κ2) is 5.00. The van der Waals surface area contributed by atoms with Gasteiger partial charge < -0.3 is 0 Å². The lowest BCUT2D eigenvalue weighted by atomic mass is 9.66. The van der Waals surface area contributed by atoms with Crippen LogP contribution in [0.25, 0.3) is 0 Å². The third kappa shape index (κ3) is 2.21. The molecule has 0 aromatic carbocycles. The second-order valence-electron chi connectivity index (χ2n) is 7.11. The van der Waals surface area contributed by atoms with Crippen molar-refractivity contribution >= 4 is 11.6 Å². The van der Waals surface area contributed by atoms with E-state index < -0.39 is 11.3 Å². The summed E-state index contributed by atoms with van der Waals surface area (Å²) in [5.41, 5.74) is 0.385. The Morgan fingerprint density at radius 3 is 2.38 bits per heavy atom. The van der Waals surface area contributed by atoms with Gasteiger partial charge >= 0.3 is 0 Å². The molecule has 1 aliphatic carbocycles. The van der Waals surface area contributed by atoms with Gasteiger partial charge in [-0.25, -0.2) is 9.97 Å². The van der Waals surface area contributed by atoms with Crippen LogP contribution in [0.3, 0.4) is 0 Å². The number of hydrogen-bond acceptors (Lipinski definition) is 4. The highest BCUT2D eigenvalue weighted by atomic mass is 16.2. The molecule has 114 valence electrons. The molecule has 0 N–H and O–H groups in total. The summed E-state index contributed by atoms with van der Waals surface area (Å²) in [6.07, 6.45) is 2.20. The van der Waals surface area contributed by atoms with Gasteiger partial charge in [0.05, 0.1) is 5.92 Å². The fourth-order valence-corrected chi connectivity index (χ4v) is 3.57. The maximum absolute atomic E-state index is 12.8. The number of Topliss-reactive ketones (excluding diaryl/α,β-unsaturated/α-hetero) is 2. The van der Waals surface area contributed by atoms with Crippen LogP contribution in [-0.2, 0) is 4.79 Å². The van der Waals surface area contributed by atoms with Crippen molar-refractivity contribution in [1.29, 1.82) is 0 Å². The Morgan fingerprint density at radius 1 is 1.24 bits per heavy atom. The first-order chi connectivity index (χ1) is 9.64. The van der Waals surface area contributed by atoms with Crippen LogP contribution in [0.5, 0.6) is 0 Å². The SMILES string of the molecule is CCC1C(C(=O)c2cc(C)ncn2)C(=O)C(C)(C)C1(C)C. The maximum atomic E-state index is 12.8. The van der Waals surface area contributed by atoms with Gasteiger partial charge in [0, 0.05) is 11.1 Å². The number of carbonyl (C=O) groups excluding carboxylic acids is 2. The van der Waals surface area contributed by atoms with E-state index in [-0.39, 0.29) is 22.9 Å². The predicted octanol–water partition coefficient (Wildman–Crippen LogP) is 3.25. The Balaban J connectivity index is 2.48. The lowest BCUT2D eigenvalue weighted by molar-refractivity contribution is -0.128. The fraction of sp³-hybridized carbons (Fsp3) is 0.647. The smallest absolute Gasteiger partial charge is 0.192 e. The van der Waals surface area contributed by atoms with Crippen LogP contribution in [0.1, 0.15) is 57.2 Å². The molecule has 0 saturated heterocycles. The van der Waals surface area contributed by atoms with Crippen LogP contribution in [0.2, 0.25) is 0 Å². The van der Waals surface area contributed by atoms with Crippen molar-refractivity contribution in [1.82, 2.24) is 9.97 Å². The van der Waals surface area contributed by atoms with E-state index in [1.54, 1.807) is 6.07 Å². The van der Waals surface area contributed by atoms with Crippen molar-refractivity contribution in [3.8, 4) is 0 Å². The first-order valence-corrected chi connectivity index (χ1v) is 7.51. The Kier molecular flexibility index (Phi) is 3.77. The van der Waals surface area contributed by atoms with Crippen LogP contribution in [0.4, 0.5) is 0 Å². The minimum absolute atomic E-state index is 0.0422. The highest BCUT2D eigenvalue weighted by molar-refractivity contribution is 6.13. The van der Waals surface area contributed by atoms with Crippen LogP contribution in [0.15, 0.2) is 12.4 Å². The van der Waals surface area contributed by atoms with Gasteiger partial charge in [-0.2, -0.15) is 0 Å². The number of rotatable bonds is 3. The molecule has 1 fully saturated rings.